The summed E-state index contributed by atoms with van der Waals surface area (Å²) >= 11 is 1.42. The summed E-state index contributed by atoms with van der Waals surface area (Å²) in [6.45, 7) is 7.41. The second-order valence-corrected chi connectivity index (χ2v) is 8.58. The van der Waals surface area contributed by atoms with Crippen LogP contribution in [0.3, 0.4) is 0 Å². The molecule has 1 N–H and O–H groups in total. The smallest absolute Gasteiger partial charge is 0.252 e. The zero-order valence-electron chi connectivity index (χ0n) is 12.3. The number of likely N-dealkylation sites (N-methyl/N-ethyl adjacent to an activating group) is 1. The topological polar surface area (TPSA) is 49.4 Å². The number of nitrogens with zero attached hydrogens (tertiary/aromatic N) is 1. The fourth-order valence-electron chi connectivity index (χ4n) is 2.50. The van der Waals surface area contributed by atoms with Crippen LogP contribution in [0.4, 0.5) is 0 Å². The van der Waals surface area contributed by atoms with Crippen molar-refractivity contribution in [2.75, 3.05) is 26.2 Å². The molecule has 0 amide bonds. The monoisotopic (exact) mass is 316 g/mol. The first kappa shape index (κ1) is 15.9. The van der Waals surface area contributed by atoms with E-state index in [0.29, 0.717) is 23.2 Å². The molecule has 1 aromatic rings. The molecule has 0 radical (unpaired) electrons. The Morgan fingerprint density at radius 1 is 1.40 bits per heavy atom. The van der Waals surface area contributed by atoms with Crippen LogP contribution in [0.1, 0.15) is 31.6 Å². The number of hydrogen-bond acceptors (Lipinski definition) is 4. The van der Waals surface area contributed by atoms with E-state index in [1.807, 2.05) is 6.07 Å². The van der Waals surface area contributed by atoms with Gasteiger partial charge in [0.2, 0.25) is 0 Å². The molecule has 2 rings (SSSR count). The highest BCUT2D eigenvalue weighted by Gasteiger charge is 2.32. The van der Waals surface area contributed by atoms with Crippen LogP contribution in [0.2, 0.25) is 0 Å². The molecule has 4 nitrogen and oxygen atoms in total. The van der Waals surface area contributed by atoms with Crippen LogP contribution in [0.25, 0.3) is 0 Å². The van der Waals surface area contributed by atoms with Crippen molar-refractivity contribution >= 4 is 21.4 Å². The predicted octanol–water partition coefficient (Wildman–Crippen LogP) is 2.32. The van der Waals surface area contributed by atoms with E-state index in [-0.39, 0.29) is 0 Å². The minimum Gasteiger partial charge on any atom is -0.317 e. The molecule has 1 aromatic heterocycles. The molecule has 1 fully saturated rings. The van der Waals surface area contributed by atoms with Crippen LogP contribution in [-0.4, -0.2) is 38.9 Å². The zero-order chi connectivity index (χ0) is 14.6. The van der Waals surface area contributed by atoms with Crippen molar-refractivity contribution < 1.29 is 8.42 Å². The molecule has 1 atom stereocenters. The normalized spacial score (nSPS) is 20.6. The van der Waals surface area contributed by atoms with Crippen LogP contribution < -0.4 is 5.32 Å². The third-order valence-corrected chi connectivity index (χ3v) is 7.33. The minimum atomic E-state index is -3.26. The zero-order valence-corrected chi connectivity index (χ0v) is 13.9. The highest BCUT2D eigenvalue weighted by atomic mass is 32.2. The Balaban J connectivity index is 2.03. The molecule has 1 saturated heterocycles. The largest absolute Gasteiger partial charge is 0.317 e. The highest BCUT2D eigenvalue weighted by molar-refractivity contribution is 7.91. The van der Waals surface area contributed by atoms with Crippen LogP contribution in [0.15, 0.2) is 16.3 Å². The molecule has 1 aliphatic heterocycles. The molecular formula is C14H24N2O2S2. The van der Waals surface area contributed by atoms with Crippen molar-refractivity contribution in [1.82, 2.24) is 9.62 Å². The van der Waals surface area contributed by atoms with E-state index in [9.17, 15) is 8.42 Å². The van der Waals surface area contributed by atoms with E-state index in [1.54, 1.807) is 10.4 Å². The number of sulfonamides is 1. The van der Waals surface area contributed by atoms with Crippen LogP contribution >= 0.6 is 11.3 Å². The van der Waals surface area contributed by atoms with E-state index in [0.717, 1.165) is 37.2 Å². The van der Waals surface area contributed by atoms with Gasteiger partial charge in [0.05, 0.1) is 0 Å². The Kier molecular flexibility index (Phi) is 5.60. The van der Waals surface area contributed by atoms with E-state index < -0.39 is 10.0 Å². The molecule has 0 saturated carbocycles. The van der Waals surface area contributed by atoms with E-state index in [4.69, 9.17) is 0 Å². The van der Waals surface area contributed by atoms with Gasteiger partial charge < -0.3 is 5.32 Å². The third-order valence-electron chi connectivity index (χ3n) is 3.86. The molecule has 1 aliphatic rings. The average Bonchev–Trinajstić information content (AvgIpc) is 3.08. The lowest BCUT2D eigenvalue weighted by molar-refractivity contribution is 0.454. The summed E-state index contributed by atoms with van der Waals surface area (Å²) in [5.74, 6) is 0.526. The van der Waals surface area contributed by atoms with Crippen molar-refractivity contribution in [3.63, 3.8) is 0 Å². The third kappa shape index (κ3) is 3.61. The van der Waals surface area contributed by atoms with Gasteiger partial charge in [-0.3, -0.25) is 0 Å². The standard InChI is InChI=1S/C14H24N2O2S2/c1-3-12-8-10-16(11-12)20(17,18)14-6-5-13(19-14)7-9-15-4-2/h5-6,12,15H,3-4,7-11H2,1-2H3. The van der Waals surface area contributed by atoms with E-state index in [1.165, 1.54) is 11.3 Å². The number of nitrogens with one attached hydrogen (secondary N) is 1. The average molecular weight is 316 g/mol. The lowest BCUT2D eigenvalue weighted by atomic mass is 10.1. The molecule has 1 unspecified atom stereocenters. The molecule has 0 spiro atoms. The number of rotatable bonds is 7. The molecule has 114 valence electrons. The second kappa shape index (κ2) is 7.02. The van der Waals surface area contributed by atoms with Crippen molar-refractivity contribution in [1.29, 1.82) is 0 Å². The summed E-state index contributed by atoms with van der Waals surface area (Å²) in [7, 11) is -3.26. The van der Waals surface area contributed by atoms with Crippen molar-refractivity contribution in [3.05, 3.63) is 17.0 Å². The lowest BCUT2D eigenvalue weighted by Gasteiger charge is -2.14. The maximum Gasteiger partial charge on any atom is 0.252 e. The first-order valence-corrected chi connectivity index (χ1v) is 9.63. The van der Waals surface area contributed by atoms with Crippen LogP contribution in [0, 0.1) is 5.92 Å². The molecule has 0 aromatic carbocycles. The summed E-state index contributed by atoms with van der Waals surface area (Å²) in [5.41, 5.74) is 0. The van der Waals surface area contributed by atoms with Gasteiger partial charge in [-0.05, 0) is 44.0 Å². The highest BCUT2D eigenvalue weighted by Crippen LogP contribution is 2.30. The SMILES string of the molecule is CCNCCc1ccc(S(=O)(=O)N2CCC(CC)C2)s1. The van der Waals surface area contributed by atoms with Gasteiger partial charge in [0.1, 0.15) is 4.21 Å². The molecular weight excluding hydrogens is 292 g/mol. The van der Waals surface area contributed by atoms with Gasteiger partial charge >= 0.3 is 0 Å². The Morgan fingerprint density at radius 3 is 2.85 bits per heavy atom. The quantitative estimate of drug-likeness (QED) is 0.786. The van der Waals surface area contributed by atoms with E-state index in [2.05, 4.69) is 19.2 Å². The number of thiophene rings is 1. The fourth-order valence-corrected chi connectivity index (χ4v) is 5.54. The van der Waals surface area contributed by atoms with Gasteiger partial charge in [0, 0.05) is 18.0 Å². The molecule has 20 heavy (non-hydrogen) atoms. The maximum absolute atomic E-state index is 12.6. The van der Waals surface area contributed by atoms with Crippen molar-refractivity contribution in [3.8, 4) is 0 Å². The minimum absolute atomic E-state index is 0.501. The molecule has 0 aliphatic carbocycles. The molecule has 2 heterocycles. The van der Waals surface area contributed by atoms with E-state index >= 15 is 0 Å². The first-order valence-electron chi connectivity index (χ1n) is 7.37. The summed E-state index contributed by atoms with van der Waals surface area (Å²) in [6, 6.07) is 3.71. The lowest BCUT2D eigenvalue weighted by Crippen LogP contribution is -2.28. The number of hydrogen-bond donors (Lipinski definition) is 1. The Hall–Kier alpha value is -0.430. The summed E-state index contributed by atoms with van der Waals surface area (Å²) in [4.78, 5) is 1.13. The Labute approximate surface area is 126 Å². The predicted molar refractivity (Wildman–Crippen MR) is 83.7 cm³/mol. The van der Waals surface area contributed by atoms with Gasteiger partial charge in [-0.2, -0.15) is 4.31 Å². The van der Waals surface area contributed by atoms with Crippen LogP contribution in [0.5, 0.6) is 0 Å². The molecule has 6 heteroatoms. The second-order valence-electron chi connectivity index (χ2n) is 5.25. The van der Waals surface area contributed by atoms with Gasteiger partial charge in [-0.15, -0.1) is 11.3 Å². The van der Waals surface area contributed by atoms with Crippen molar-refractivity contribution in [2.24, 2.45) is 5.92 Å². The maximum atomic E-state index is 12.6. The van der Waals surface area contributed by atoms with Crippen molar-refractivity contribution in [2.45, 2.75) is 37.3 Å². The Morgan fingerprint density at radius 2 is 2.20 bits per heavy atom. The van der Waals surface area contributed by atoms with Gasteiger partial charge in [0.25, 0.3) is 10.0 Å². The fraction of sp³-hybridized carbons (Fsp3) is 0.714. The summed E-state index contributed by atoms with van der Waals surface area (Å²) in [5, 5.41) is 3.26. The summed E-state index contributed by atoms with van der Waals surface area (Å²) < 4.78 is 27.3. The Bertz CT molecular complexity index is 525. The van der Waals surface area contributed by atoms with Gasteiger partial charge in [-0.1, -0.05) is 20.3 Å². The molecule has 0 bridgehead atoms. The first-order chi connectivity index (χ1) is 9.57. The van der Waals surface area contributed by atoms with Gasteiger partial charge in [0.15, 0.2) is 0 Å². The summed E-state index contributed by atoms with van der Waals surface area (Å²) in [6.07, 6.45) is 2.95. The van der Waals surface area contributed by atoms with Crippen LogP contribution in [-0.2, 0) is 16.4 Å². The van der Waals surface area contributed by atoms with Gasteiger partial charge in [-0.25, -0.2) is 8.42 Å².